The number of rotatable bonds is 2. The van der Waals surface area contributed by atoms with Crippen molar-refractivity contribution in [2.45, 2.75) is 6.42 Å². The second-order valence-corrected chi connectivity index (χ2v) is 3.46. The average Bonchev–Trinajstić information content (AvgIpc) is 2.68. The fraction of sp³-hybridized carbons (Fsp3) is 0.400. The van der Waals surface area contributed by atoms with Crippen molar-refractivity contribution in [3.05, 3.63) is 24.4 Å². The van der Waals surface area contributed by atoms with E-state index < -0.39 is 5.97 Å². The summed E-state index contributed by atoms with van der Waals surface area (Å²) in [5.74, 6) is -0.0725. The maximum atomic E-state index is 10.7. The number of pyridine rings is 1. The summed E-state index contributed by atoms with van der Waals surface area (Å²) in [6.07, 6.45) is 2.44. The van der Waals surface area contributed by atoms with Crippen LogP contribution in [0.25, 0.3) is 0 Å². The molecular weight excluding hydrogens is 180 g/mol. The van der Waals surface area contributed by atoms with Crippen LogP contribution in [0.2, 0.25) is 0 Å². The Morgan fingerprint density at radius 1 is 1.57 bits per heavy atom. The summed E-state index contributed by atoms with van der Waals surface area (Å²) >= 11 is 0. The maximum absolute atomic E-state index is 10.7. The lowest BCUT2D eigenvalue weighted by Crippen LogP contribution is -2.23. The highest BCUT2D eigenvalue weighted by molar-refractivity contribution is 5.71. The van der Waals surface area contributed by atoms with E-state index in [9.17, 15) is 4.79 Å². The summed E-state index contributed by atoms with van der Waals surface area (Å²) in [7, 11) is 0. The lowest BCUT2D eigenvalue weighted by Gasteiger charge is -2.15. The van der Waals surface area contributed by atoms with Gasteiger partial charge in [-0.2, -0.15) is 0 Å². The molecule has 14 heavy (non-hydrogen) atoms. The molecule has 0 aliphatic carbocycles. The van der Waals surface area contributed by atoms with E-state index in [1.54, 1.807) is 6.20 Å². The summed E-state index contributed by atoms with van der Waals surface area (Å²) in [5, 5.41) is 8.83. The smallest absolute Gasteiger partial charge is 0.308 e. The number of carboxylic acids is 1. The van der Waals surface area contributed by atoms with E-state index in [-0.39, 0.29) is 5.92 Å². The number of carbonyl (C=O) groups is 1. The van der Waals surface area contributed by atoms with Crippen molar-refractivity contribution in [1.29, 1.82) is 0 Å². The quantitative estimate of drug-likeness (QED) is 0.759. The zero-order chi connectivity index (χ0) is 9.97. The van der Waals surface area contributed by atoms with Gasteiger partial charge in [0.25, 0.3) is 0 Å². The molecule has 0 amide bonds. The molecule has 0 aromatic carbocycles. The fourth-order valence-electron chi connectivity index (χ4n) is 1.71. The van der Waals surface area contributed by atoms with Crippen LogP contribution < -0.4 is 4.90 Å². The Labute approximate surface area is 82.2 Å². The van der Waals surface area contributed by atoms with Crippen LogP contribution in [0.1, 0.15) is 6.42 Å². The molecular formula is C10H12N2O2. The normalized spacial score (nSPS) is 21.1. The van der Waals surface area contributed by atoms with Crippen LogP contribution >= 0.6 is 0 Å². The van der Waals surface area contributed by atoms with Crippen molar-refractivity contribution in [2.24, 2.45) is 5.92 Å². The van der Waals surface area contributed by atoms with E-state index in [0.29, 0.717) is 13.0 Å². The molecule has 2 rings (SSSR count). The zero-order valence-electron chi connectivity index (χ0n) is 7.76. The molecule has 0 saturated carbocycles. The summed E-state index contributed by atoms with van der Waals surface area (Å²) in [4.78, 5) is 16.9. The molecule has 0 radical (unpaired) electrons. The molecule has 1 saturated heterocycles. The van der Waals surface area contributed by atoms with Crippen molar-refractivity contribution in [3.8, 4) is 0 Å². The van der Waals surface area contributed by atoms with E-state index in [0.717, 1.165) is 12.4 Å². The summed E-state index contributed by atoms with van der Waals surface area (Å²) < 4.78 is 0. The van der Waals surface area contributed by atoms with Gasteiger partial charge in [-0.1, -0.05) is 6.07 Å². The molecule has 0 unspecified atom stereocenters. The number of aromatic nitrogens is 1. The first-order valence-electron chi connectivity index (χ1n) is 4.66. The average molecular weight is 192 g/mol. The van der Waals surface area contributed by atoms with Gasteiger partial charge in [-0.25, -0.2) is 4.98 Å². The largest absolute Gasteiger partial charge is 0.481 e. The van der Waals surface area contributed by atoms with Crippen LogP contribution in [0.15, 0.2) is 24.4 Å². The number of anilines is 1. The molecule has 1 N–H and O–H groups in total. The predicted molar refractivity (Wildman–Crippen MR) is 52.2 cm³/mol. The third-order valence-corrected chi connectivity index (χ3v) is 2.51. The molecule has 1 aromatic heterocycles. The highest BCUT2D eigenvalue weighted by Crippen LogP contribution is 2.21. The Bertz CT molecular complexity index is 326. The summed E-state index contributed by atoms with van der Waals surface area (Å²) in [6, 6.07) is 5.68. The Kier molecular flexibility index (Phi) is 2.35. The van der Waals surface area contributed by atoms with Gasteiger partial charge in [0.15, 0.2) is 0 Å². The first kappa shape index (κ1) is 8.99. The summed E-state index contributed by atoms with van der Waals surface area (Å²) in [6.45, 7) is 1.36. The number of aliphatic carboxylic acids is 1. The van der Waals surface area contributed by atoms with Gasteiger partial charge in [0.1, 0.15) is 5.82 Å². The van der Waals surface area contributed by atoms with Gasteiger partial charge in [-0.05, 0) is 18.6 Å². The van der Waals surface area contributed by atoms with Crippen molar-refractivity contribution in [2.75, 3.05) is 18.0 Å². The van der Waals surface area contributed by atoms with E-state index in [1.165, 1.54) is 0 Å². The highest BCUT2D eigenvalue weighted by Gasteiger charge is 2.28. The third-order valence-electron chi connectivity index (χ3n) is 2.51. The Balaban J connectivity index is 2.06. The number of hydrogen-bond acceptors (Lipinski definition) is 3. The van der Waals surface area contributed by atoms with Crippen LogP contribution in [-0.4, -0.2) is 29.1 Å². The van der Waals surface area contributed by atoms with E-state index in [4.69, 9.17) is 5.11 Å². The van der Waals surface area contributed by atoms with Gasteiger partial charge in [0, 0.05) is 19.3 Å². The van der Waals surface area contributed by atoms with E-state index in [1.807, 2.05) is 23.1 Å². The van der Waals surface area contributed by atoms with Crippen molar-refractivity contribution in [3.63, 3.8) is 0 Å². The van der Waals surface area contributed by atoms with Gasteiger partial charge >= 0.3 is 5.97 Å². The topological polar surface area (TPSA) is 53.4 Å². The molecule has 4 heteroatoms. The first-order valence-corrected chi connectivity index (χ1v) is 4.66. The molecule has 0 bridgehead atoms. The van der Waals surface area contributed by atoms with Gasteiger partial charge < -0.3 is 10.0 Å². The first-order chi connectivity index (χ1) is 6.77. The van der Waals surface area contributed by atoms with Gasteiger partial charge in [0.2, 0.25) is 0 Å². The Morgan fingerprint density at radius 2 is 2.43 bits per heavy atom. The van der Waals surface area contributed by atoms with Crippen LogP contribution in [0.5, 0.6) is 0 Å². The van der Waals surface area contributed by atoms with Crippen LogP contribution in [-0.2, 0) is 4.79 Å². The molecule has 1 aliphatic rings. The molecule has 0 spiro atoms. The second-order valence-electron chi connectivity index (χ2n) is 3.46. The SMILES string of the molecule is O=C(O)[C@@H]1CCN(c2ccccn2)C1. The summed E-state index contributed by atoms with van der Waals surface area (Å²) in [5.41, 5.74) is 0. The Hall–Kier alpha value is -1.58. The third kappa shape index (κ3) is 1.69. The number of carboxylic acid groups (broad SMARTS) is 1. The fourth-order valence-corrected chi connectivity index (χ4v) is 1.71. The number of hydrogen-bond donors (Lipinski definition) is 1. The lowest BCUT2D eigenvalue weighted by molar-refractivity contribution is -0.140. The standard InChI is InChI=1S/C10H12N2O2/c13-10(14)8-4-6-12(7-8)9-3-1-2-5-11-9/h1-3,5,8H,4,6-7H2,(H,13,14)/t8-/m1/s1. The van der Waals surface area contributed by atoms with Crippen LogP contribution in [0, 0.1) is 5.92 Å². The van der Waals surface area contributed by atoms with Crippen molar-refractivity contribution >= 4 is 11.8 Å². The molecule has 1 atom stereocenters. The number of nitrogens with zero attached hydrogens (tertiary/aromatic N) is 2. The minimum absolute atomic E-state index is 0.239. The maximum Gasteiger partial charge on any atom is 0.308 e. The van der Waals surface area contributed by atoms with E-state index >= 15 is 0 Å². The van der Waals surface area contributed by atoms with Crippen molar-refractivity contribution in [1.82, 2.24) is 4.98 Å². The van der Waals surface area contributed by atoms with Gasteiger partial charge in [0.05, 0.1) is 5.92 Å². The van der Waals surface area contributed by atoms with Gasteiger partial charge in [-0.3, -0.25) is 4.79 Å². The molecule has 4 nitrogen and oxygen atoms in total. The molecule has 1 aromatic rings. The molecule has 2 heterocycles. The zero-order valence-corrected chi connectivity index (χ0v) is 7.76. The molecule has 1 aliphatic heterocycles. The molecule has 74 valence electrons. The monoisotopic (exact) mass is 192 g/mol. The lowest BCUT2D eigenvalue weighted by atomic mass is 10.1. The van der Waals surface area contributed by atoms with Crippen LogP contribution in [0.3, 0.4) is 0 Å². The minimum atomic E-state index is -0.705. The second kappa shape index (κ2) is 3.65. The minimum Gasteiger partial charge on any atom is -0.481 e. The van der Waals surface area contributed by atoms with E-state index in [2.05, 4.69) is 4.98 Å². The van der Waals surface area contributed by atoms with Crippen LogP contribution in [0.4, 0.5) is 5.82 Å². The Morgan fingerprint density at radius 3 is 3.00 bits per heavy atom. The van der Waals surface area contributed by atoms with Crippen molar-refractivity contribution < 1.29 is 9.90 Å². The highest BCUT2D eigenvalue weighted by atomic mass is 16.4. The molecule has 1 fully saturated rings. The predicted octanol–water partition coefficient (Wildman–Crippen LogP) is 0.992. The van der Waals surface area contributed by atoms with Gasteiger partial charge in [-0.15, -0.1) is 0 Å².